The SMILES string of the molecule is C[C@H]1CC[C@H](C)P1C1CCCCC1P1[C@@H](C)CC[C@@H]1C. The summed E-state index contributed by atoms with van der Waals surface area (Å²) in [4.78, 5) is 0. The largest absolute Gasteiger partial charge is 0.0971 e. The Balaban J connectivity index is 1.80. The Morgan fingerprint density at radius 2 is 0.800 bits per heavy atom. The van der Waals surface area contributed by atoms with Gasteiger partial charge in [-0.15, -0.1) is 0 Å². The van der Waals surface area contributed by atoms with Crippen LogP contribution in [0.4, 0.5) is 0 Å². The molecule has 20 heavy (non-hydrogen) atoms. The van der Waals surface area contributed by atoms with Crippen LogP contribution in [0.1, 0.15) is 79.1 Å². The lowest BCUT2D eigenvalue weighted by Crippen LogP contribution is -2.32. The summed E-state index contributed by atoms with van der Waals surface area (Å²) in [5.41, 5.74) is 6.64. The molecule has 0 spiro atoms. The maximum absolute atomic E-state index is 2.59. The molecule has 1 saturated carbocycles. The minimum absolute atomic E-state index is 0.337. The quantitative estimate of drug-likeness (QED) is 0.517. The van der Waals surface area contributed by atoms with E-state index in [1.54, 1.807) is 51.4 Å². The molecule has 3 fully saturated rings. The van der Waals surface area contributed by atoms with Crippen molar-refractivity contribution in [2.45, 2.75) is 113 Å². The molecule has 0 aromatic carbocycles. The van der Waals surface area contributed by atoms with Gasteiger partial charge in [-0.3, -0.25) is 0 Å². The Bertz CT molecular complexity index is 277. The Hall–Kier alpha value is 0.860. The summed E-state index contributed by atoms with van der Waals surface area (Å²) in [7, 11) is 0.674. The van der Waals surface area contributed by atoms with Gasteiger partial charge in [0.15, 0.2) is 0 Å². The van der Waals surface area contributed by atoms with E-state index in [0.29, 0.717) is 15.8 Å². The van der Waals surface area contributed by atoms with Gasteiger partial charge in [-0.2, -0.15) is 0 Å². The second-order valence-corrected chi connectivity index (χ2v) is 14.5. The van der Waals surface area contributed by atoms with Crippen molar-refractivity contribution in [3.63, 3.8) is 0 Å². The normalized spacial score (nSPS) is 48.0. The van der Waals surface area contributed by atoms with Crippen LogP contribution < -0.4 is 0 Å². The summed E-state index contributed by atoms with van der Waals surface area (Å²) >= 11 is 0. The second kappa shape index (κ2) is 6.54. The molecule has 0 bridgehead atoms. The molecule has 0 aromatic rings. The van der Waals surface area contributed by atoms with Crippen molar-refractivity contribution in [1.82, 2.24) is 0 Å². The zero-order chi connectivity index (χ0) is 14.3. The van der Waals surface area contributed by atoms with E-state index < -0.39 is 0 Å². The van der Waals surface area contributed by atoms with E-state index in [-0.39, 0.29) is 0 Å². The fraction of sp³-hybridized carbons (Fsp3) is 1.00. The lowest BCUT2D eigenvalue weighted by atomic mass is 9.99. The van der Waals surface area contributed by atoms with Crippen LogP contribution in [0.5, 0.6) is 0 Å². The van der Waals surface area contributed by atoms with E-state index in [2.05, 4.69) is 27.7 Å². The van der Waals surface area contributed by atoms with Crippen LogP contribution in [0.2, 0.25) is 0 Å². The molecule has 2 unspecified atom stereocenters. The molecular weight excluding hydrogens is 278 g/mol. The van der Waals surface area contributed by atoms with Crippen LogP contribution >= 0.6 is 15.8 Å². The average molecular weight is 312 g/mol. The van der Waals surface area contributed by atoms with Gasteiger partial charge in [0.25, 0.3) is 0 Å². The molecule has 0 nitrogen and oxygen atoms in total. The van der Waals surface area contributed by atoms with Crippen LogP contribution in [0.25, 0.3) is 0 Å². The third-order valence-electron chi connectivity index (χ3n) is 6.50. The van der Waals surface area contributed by atoms with Gasteiger partial charge in [0.2, 0.25) is 0 Å². The summed E-state index contributed by atoms with van der Waals surface area (Å²) in [5.74, 6) is 0. The van der Waals surface area contributed by atoms with Gasteiger partial charge in [-0.1, -0.05) is 56.4 Å². The minimum atomic E-state index is 0.337. The average Bonchev–Trinajstić information content (AvgIpc) is 2.93. The van der Waals surface area contributed by atoms with E-state index in [1.807, 2.05) is 0 Å². The highest BCUT2D eigenvalue weighted by Crippen LogP contribution is 2.69. The molecule has 2 aliphatic heterocycles. The zero-order valence-electron chi connectivity index (χ0n) is 14.0. The molecule has 0 N–H and O–H groups in total. The second-order valence-electron chi connectivity index (χ2n) is 7.86. The van der Waals surface area contributed by atoms with Crippen molar-refractivity contribution in [3.05, 3.63) is 0 Å². The third kappa shape index (κ3) is 2.86. The summed E-state index contributed by atoms with van der Waals surface area (Å²) < 4.78 is 0. The molecule has 1 aliphatic carbocycles. The summed E-state index contributed by atoms with van der Waals surface area (Å²) in [5, 5.41) is 0. The maximum Gasteiger partial charge on any atom is -0.0136 e. The lowest BCUT2D eigenvalue weighted by molar-refractivity contribution is 0.513. The van der Waals surface area contributed by atoms with Gasteiger partial charge in [0, 0.05) is 0 Å². The molecule has 3 aliphatic rings. The minimum Gasteiger partial charge on any atom is -0.0971 e. The molecule has 0 radical (unpaired) electrons. The van der Waals surface area contributed by atoms with E-state index in [4.69, 9.17) is 0 Å². The summed E-state index contributed by atoms with van der Waals surface area (Å²) in [6.45, 7) is 10.4. The van der Waals surface area contributed by atoms with Crippen LogP contribution in [-0.2, 0) is 0 Å². The van der Waals surface area contributed by atoms with Gasteiger partial charge in [0.1, 0.15) is 0 Å². The highest BCUT2D eigenvalue weighted by molar-refractivity contribution is 7.64. The fourth-order valence-electron chi connectivity index (χ4n) is 5.52. The number of hydrogen-bond donors (Lipinski definition) is 0. The first-order chi connectivity index (χ1) is 9.59. The van der Waals surface area contributed by atoms with Crippen molar-refractivity contribution in [2.24, 2.45) is 0 Å². The maximum atomic E-state index is 2.59. The Kier molecular flexibility index (Phi) is 5.15. The molecular formula is C18H34P2. The molecule has 6 atom stereocenters. The first-order valence-electron chi connectivity index (χ1n) is 9.14. The van der Waals surface area contributed by atoms with Crippen molar-refractivity contribution >= 4 is 15.8 Å². The van der Waals surface area contributed by atoms with E-state index in [1.165, 1.54) is 11.3 Å². The Morgan fingerprint density at radius 3 is 1.10 bits per heavy atom. The van der Waals surface area contributed by atoms with E-state index in [0.717, 1.165) is 22.6 Å². The van der Waals surface area contributed by atoms with E-state index in [9.17, 15) is 0 Å². The van der Waals surface area contributed by atoms with Crippen LogP contribution in [0.15, 0.2) is 0 Å². The molecule has 2 saturated heterocycles. The molecule has 2 heterocycles. The van der Waals surface area contributed by atoms with Gasteiger partial charge in [-0.05, 0) is 72.5 Å². The summed E-state index contributed by atoms with van der Waals surface area (Å²) in [6, 6.07) is 0. The van der Waals surface area contributed by atoms with Gasteiger partial charge in [0.05, 0.1) is 0 Å². The predicted molar refractivity (Wildman–Crippen MR) is 96.2 cm³/mol. The van der Waals surface area contributed by atoms with E-state index >= 15 is 0 Å². The lowest BCUT2D eigenvalue weighted by Gasteiger charge is -2.45. The van der Waals surface area contributed by atoms with Crippen molar-refractivity contribution in [3.8, 4) is 0 Å². The van der Waals surface area contributed by atoms with Crippen molar-refractivity contribution in [1.29, 1.82) is 0 Å². The van der Waals surface area contributed by atoms with Crippen molar-refractivity contribution < 1.29 is 0 Å². The van der Waals surface area contributed by atoms with Crippen molar-refractivity contribution in [2.75, 3.05) is 0 Å². The first-order valence-corrected chi connectivity index (χ1v) is 12.2. The standard InChI is InChI=1S/C18H34P2/c1-13-9-10-14(2)19(13)17-7-5-6-8-18(17)20-15(3)11-12-16(20)4/h13-18H,5-12H2,1-4H3/t13-,14-,15-,16-,17?,18?/m0/s1. The van der Waals surface area contributed by atoms with Crippen LogP contribution in [-0.4, -0.2) is 34.0 Å². The molecule has 0 aromatic heterocycles. The number of rotatable bonds is 2. The topological polar surface area (TPSA) is 0 Å². The molecule has 0 amide bonds. The first kappa shape index (κ1) is 15.7. The molecule has 116 valence electrons. The highest BCUT2D eigenvalue weighted by atomic mass is 31.1. The summed E-state index contributed by atoms with van der Waals surface area (Å²) in [6.07, 6.45) is 12.5. The van der Waals surface area contributed by atoms with Gasteiger partial charge >= 0.3 is 0 Å². The monoisotopic (exact) mass is 312 g/mol. The van der Waals surface area contributed by atoms with Gasteiger partial charge < -0.3 is 0 Å². The third-order valence-corrected chi connectivity index (χ3v) is 14.6. The smallest absolute Gasteiger partial charge is 0.0136 e. The zero-order valence-corrected chi connectivity index (χ0v) is 15.8. The Labute approximate surface area is 129 Å². The predicted octanol–water partition coefficient (Wildman–Crippen LogP) is 6.40. The molecule has 3 rings (SSSR count). The molecule has 2 heteroatoms. The highest BCUT2D eigenvalue weighted by Gasteiger charge is 2.46. The Morgan fingerprint density at radius 1 is 0.500 bits per heavy atom. The van der Waals surface area contributed by atoms with Crippen LogP contribution in [0.3, 0.4) is 0 Å². The van der Waals surface area contributed by atoms with Gasteiger partial charge in [-0.25, -0.2) is 0 Å². The fourth-order valence-corrected chi connectivity index (χ4v) is 14.6. The van der Waals surface area contributed by atoms with Crippen LogP contribution in [0, 0.1) is 0 Å². The number of hydrogen-bond acceptors (Lipinski definition) is 0.